The van der Waals surface area contributed by atoms with Crippen molar-refractivity contribution in [2.24, 2.45) is 73.9 Å². The van der Waals surface area contributed by atoms with Gasteiger partial charge in [-0.25, -0.2) is 0 Å². The van der Waals surface area contributed by atoms with Gasteiger partial charge >= 0.3 is 29.8 Å². The van der Waals surface area contributed by atoms with Crippen molar-refractivity contribution in [2.45, 2.75) is 426 Å². The minimum absolute atomic E-state index is 0.0197. The summed E-state index contributed by atoms with van der Waals surface area (Å²) in [4.78, 5) is 84.0. The molecule has 9 aliphatic carbocycles. The van der Waals surface area contributed by atoms with Gasteiger partial charge in [0.1, 0.15) is 51.8 Å². The number of esters is 5. The fourth-order valence-electron chi connectivity index (χ4n) is 19.4. The Kier molecular flexibility index (Phi) is 44.0. The van der Waals surface area contributed by atoms with E-state index in [2.05, 4.69) is 112 Å². The minimum Gasteiger partial charge on any atom is -0.508 e. The average molecular weight is 1870 g/mol. The van der Waals surface area contributed by atoms with Gasteiger partial charge in [-0.2, -0.15) is 5.26 Å². The molecule has 5 aromatic carbocycles. The van der Waals surface area contributed by atoms with Crippen LogP contribution in [0.15, 0.2) is 127 Å². The van der Waals surface area contributed by atoms with E-state index in [1.165, 1.54) is 68.1 Å². The topological polar surface area (TPSA) is 269 Å². The predicted molar refractivity (Wildman–Crippen MR) is 542 cm³/mol. The van der Waals surface area contributed by atoms with Gasteiger partial charge in [0, 0.05) is 25.7 Å². The summed E-state index contributed by atoms with van der Waals surface area (Å²) in [5.74, 6) is 5.16. The number of aromatic hydroxyl groups is 2. The van der Waals surface area contributed by atoms with E-state index in [-0.39, 0.29) is 117 Å². The van der Waals surface area contributed by atoms with Crippen molar-refractivity contribution < 1.29 is 82.0 Å². The summed E-state index contributed by atoms with van der Waals surface area (Å²) >= 11 is 0. The first kappa shape index (κ1) is 115. The number of phenolic OH excluding ortho intramolecular Hbond substituents is 2. The van der Waals surface area contributed by atoms with Crippen LogP contribution < -0.4 is 9.47 Å². The number of nitriles is 1. The zero-order valence-corrected chi connectivity index (χ0v) is 88.3. The SMILES string of the molecule is CCC(C)(C)C(=O)OC(C)(C)C.CCC(C)(C)C(=O)OCC(=O)CC1C2CC3C1CC(=O)C3(C#N)C2.CCC(C)(C)C(=O)Oc1ccc(-c2ccccc2)cc1.CCC(C)C(=O)OC12CC3CC(CC(O)(C3)C1)C2.CCC(C)c1ccc(O)cc1.CCC(C)c1ccc(O)cc1.CCC(C)c1ccc(OC(CC(C)(C)C)OC2CCCCC2)cc1.CCC1(OC(=O)C(C)(C)CC)CCCC1. The summed E-state index contributed by atoms with van der Waals surface area (Å²) < 4.78 is 40.1. The van der Waals surface area contributed by atoms with E-state index in [9.17, 15) is 43.9 Å². The number of benzene rings is 5. The summed E-state index contributed by atoms with van der Waals surface area (Å²) in [6.07, 6.45) is 28.2. The second-order valence-corrected chi connectivity index (χ2v) is 45.5. The van der Waals surface area contributed by atoms with Crippen molar-refractivity contribution in [3.63, 3.8) is 0 Å². The molecular weight excluding hydrogens is 1690 g/mol. The van der Waals surface area contributed by atoms with E-state index in [1.54, 1.807) is 38.1 Å². The van der Waals surface area contributed by atoms with Crippen LogP contribution in [0.2, 0.25) is 0 Å². The van der Waals surface area contributed by atoms with Crippen LogP contribution in [0.5, 0.6) is 23.0 Å². The van der Waals surface area contributed by atoms with E-state index in [4.69, 9.17) is 43.4 Å². The Morgan fingerprint density at radius 2 is 0.970 bits per heavy atom. The number of ether oxygens (including phenoxy) is 7. The fraction of sp³-hybridized carbons (Fsp3) is 0.675. The second-order valence-electron chi connectivity index (χ2n) is 45.5. The number of rotatable bonds is 30. The molecule has 0 aromatic heterocycles. The third-order valence-corrected chi connectivity index (χ3v) is 30.6. The zero-order chi connectivity index (χ0) is 101. The average Bonchev–Trinajstić information content (AvgIpc) is 1.59. The number of fused-ring (bicyclic) bond motifs is 1. The number of Topliss-reactive ketones (excluding diaryl/α,β-unsaturated/α-hetero) is 2. The van der Waals surface area contributed by atoms with Gasteiger partial charge in [-0.1, -0.05) is 209 Å². The third-order valence-electron chi connectivity index (χ3n) is 30.6. The lowest BCUT2D eigenvalue weighted by Crippen LogP contribution is -2.60. The van der Waals surface area contributed by atoms with E-state index in [0.717, 1.165) is 120 Å². The highest BCUT2D eigenvalue weighted by molar-refractivity contribution is 5.92. The summed E-state index contributed by atoms with van der Waals surface area (Å²) in [5, 5.41) is 38.1. The molecule has 3 N–H and O–H groups in total. The number of phenols is 2. The normalized spacial score (nSPS) is 23.3. The number of carbonyl (C=O) groups is 7. The summed E-state index contributed by atoms with van der Waals surface area (Å²) in [6, 6.07) is 43.5. The van der Waals surface area contributed by atoms with Crippen LogP contribution in [-0.4, -0.2) is 98.1 Å². The summed E-state index contributed by atoms with van der Waals surface area (Å²) in [7, 11) is 0. The first-order chi connectivity index (χ1) is 63.2. The molecule has 6 bridgehead atoms. The molecular formula is C117H177NO17. The van der Waals surface area contributed by atoms with Gasteiger partial charge in [0.2, 0.25) is 6.29 Å². The van der Waals surface area contributed by atoms with Gasteiger partial charge in [-0.15, -0.1) is 0 Å². The molecule has 9 aliphatic rings. The Morgan fingerprint density at radius 1 is 0.511 bits per heavy atom. The molecule has 0 spiro atoms. The highest BCUT2D eigenvalue weighted by Crippen LogP contribution is 2.68. The van der Waals surface area contributed by atoms with Gasteiger partial charge in [-0.05, 0) is 352 Å². The summed E-state index contributed by atoms with van der Waals surface area (Å²) in [6.45, 7) is 54.6. The third kappa shape index (κ3) is 34.9. The Morgan fingerprint density at radius 3 is 1.41 bits per heavy atom. The lowest BCUT2D eigenvalue weighted by molar-refractivity contribution is -0.222. The van der Waals surface area contributed by atoms with Crippen LogP contribution >= 0.6 is 0 Å². The number of carbonyl (C=O) groups excluding carboxylic acids is 7. The first-order valence-corrected chi connectivity index (χ1v) is 51.6. The molecule has 9 fully saturated rings. The Labute approximate surface area is 814 Å². The predicted octanol–water partition coefficient (Wildman–Crippen LogP) is 29.0. The highest BCUT2D eigenvalue weighted by atomic mass is 16.7. The van der Waals surface area contributed by atoms with Crippen molar-refractivity contribution in [3.05, 3.63) is 144 Å². The molecule has 12 unspecified atom stereocenters. The second kappa shape index (κ2) is 51.5. The Bertz CT molecular complexity index is 4450. The van der Waals surface area contributed by atoms with Crippen LogP contribution in [0.1, 0.15) is 408 Å². The molecule has 0 heterocycles. The maximum absolute atomic E-state index is 12.3. The number of hydrogen-bond donors (Lipinski definition) is 3. The molecule has 14 rings (SSSR count). The lowest BCUT2D eigenvalue weighted by atomic mass is 9.52. The molecule has 18 heteroatoms. The van der Waals surface area contributed by atoms with Crippen LogP contribution in [0.25, 0.3) is 11.1 Å². The molecule has 135 heavy (non-hydrogen) atoms. The quantitative estimate of drug-likeness (QED) is 0.0167. The number of nitrogens with zero attached hydrogens (tertiary/aromatic N) is 1. The number of ketones is 2. The smallest absolute Gasteiger partial charge is 0.316 e. The lowest BCUT2D eigenvalue weighted by Gasteiger charge is -2.59. The maximum Gasteiger partial charge on any atom is 0.316 e. The molecule has 18 nitrogen and oxygen atoms in total. The van der Waals surface area contributed by atoms with Crippen molar-refractivity contribution >= 4 is 41.4 Å². The molecule has 0 radical (unpaired) electrons. The molecule has 0 saturated heterocycles. The Hall–Kier alpha value is -8.40. The van der Waals surface area contributed by atoms with E-state index < -0.39 is 21.8 Å². The van der Waals surface area contributed by atoms with Crippen LogP contribution in [-0.2, 0) is 57.2 Å². The van der Waals surface area contributed by atoms with E-state index in [1.807, 2.05) is 171 Å². The number of hydrogen-bond acceptors (Lipinski definition) is 18. The Balaban J connectivity index is 0.000000241. The summed E-state index contributed by atoms with van der Waals surface area (Å²) in [5.41, 5.74) is 2.59. The molecule has 5 aromatic rings. The van der Waals surface area contributed by atoms with Gasteiger partial charge in [0.25, 0.3) is 0 Å². The molecule has 752 valence electrons. The largest absolute Gasteiger partial charge is 0.508 e. The molecule has 0 aliphatic heterocycles. The molecule has 9 saturated carbocycles. The number of aliphatic hydroxyl groups is 1. The zero-order valence-electron chi connectivity index (χ0n) is 88.3. The van der Waals surface area contributed by atoms with Crippen LogP contribution in [0.4, 0.5) is 0 Å². The molecule has 0 amide bonds. The monoisotopic (exact) mass is 1870 g/mol. The minimum atomic E-state index is -0.757. The standard InChI is InChI=1S/C22H36O2.C19H25NO4.C18H20O2.C15H24O3.C13H24O2.C10H20O2.2C10H14O/c1-6-17(2)18-12-14-20(15-13-18)24-21(16-22(3,4)5)23-19-10-8-7-9-11-19;1-4-18(2,3)17(23)24-9-12(21)6-13-11-5-15-14(13)7-16(22)19(15,8-11)10-20;1-4-18(2,3)17(19)20-16-12-10-15(11-13-16)14-8-6-5-7-9-14;1-3-10(2)13(16)18-15-7-11-4-12(8-15)6-14(17,5-11)9-15;1-5-12(3,4)11(14)15-13(6-2)9-7-8-10-13;1-7-10(5,6)8(11)12-9(2,3)4;2*1-3-8(2)9-4-6-10(11)7-5-9/h12-15,17,19,21H,6-11,16H2,1-5H3;11,13-15H,4-9H2,1-3H3;5-13H,4H2,1-3H3;10-12,17H,3-9H2,1-2H3;5-10H2,1-4H3;7H2,1-6H3;2*4-8,11H,3H2,1-2H3. The van der Waals surface area contributed by atoms with E-state index in [0.29, 0.717) is 85.0 Å². The van der Waals surface area contributed by atoms with Crippen LogP contribution in [0, 0.1) is 85.2 Å². The molecule has 12 atom stereocenters. The maximum atomic E-state index is 12.3. The highest BCUT2D eigenvalue weighted by Gasteiger charge is 2.68. The van der Waals surface area contributed by atoms with Crippen LogP contribution in [0.3, 0.4) is 0 Å². The van der Waals surface area contributed by atoms with Crippen molar-refractivity contribution in [2.75, 3.05) is 6.61 Å². The van der Waals surface area contributed by atoms with E-state index >= 15 is 0 Å². The van der Waals surface area contributed by atoms with Gasteiger partial charge in [-0.3, -0.25) is 33.6 Å². The van der Waals surface area contributed by atoms with Crippen molar-refractivity contribution in [1.82, 2.24) is 0 Å². The van der Waals surface area contributed by atoms with Gasteiger partial charge < -0.3 is 48.5 Å². The van der Waals surface area contributed by atoms with Gasteiger partial charge in [0.05, 0.1) is 45.4 Å². The fourth-order valence-corrected chi connectivity index (χ4v) is 19.4. The van der Waals surface area contributed by atoms with Crippen molar-refractivity contribution in [3.8, 4) is 40.2 Å². The van der Waals surface area contributed by atoms with Crippen molar-refractivity contribution in [1.29, 1.82) is 5.26 Å². The van der Waals surface area contributed by atoms with Gasteiger partial charge in [0.15, 0.2) is 11.6 Å². The first-order valence-electron chi connectivity index (χ1n) is 51.6.